The van der Waals surface area contributed by atoms with Gasteiger partial charge in [0.15, 0.2) is 0 Å². The third-order valence-corrected chi connectivity index (χ3v) is 6.51. The van der Waals surface area contributed by atoms with E-state index in [0.29, 0.717) is 19.3 Å². The summed E-state index contributed by atoms with van der Waals surface area (Å²) in [5, 5.41) is 8.94. The summed E-state index contributed by atoms with van der Waals surface area (Å²) in [5.41, 5.74) is 2.99. The minimum Gasteiger partial charge on any atom is -0.265 e. The first-order chi connectivity index (χ1) is 14.4. The van der Waals surface area contributed by atoms with Crippen molar-refractivity contribution in [1.29, 1.82) is 5.26 Å². The Morgan fingerprint density at radius 2 is 1.70 bits per heavy atom. The number of aliphatic imine (C=N–C) groups is 1. The Hall–Kier alpha value is -3.37. The second-order valence-electron chi connectivity index (χ2n) is 6.87. The second-order valence-corrected chi connectivity index (χ2v) is 8.82. The van der Waals surface area contributed by atoms with E-state index in [0.717, 1.165) is 22.9 Å². The van der Waals surface area contributed by atoms with Crippen LogP contribution in [0, 0.1) is 24.2 Å². The molecule has 0 amide bonds. The van der Waals surface area contributed by atoms with Gasteiger partial charge in [-0.15, -0.1) is 0 Å². The van der Waals surface area contributed by atoms with E-state index >= 15 is 0 Å². The third-order valence-electron chi connectivity index (χ3n) is 4.74. The Morgan fingerprint density at radius 3 is 2.33 bits per heavy atom. The van der Waals surface area contributed by atoms with Crippen LogP contribution in [0.1, 0.15) is 23.1 Å². The maximum atomic E-state index is 13.5. The lowest BCUT2D eigenvalue weighted by Crippen LogP contribution is -2.06. The summed E-state index contributed by atoms with van der Waals surface area (Å²) in [5.74, 6) is -0.439. The highest BCUT2D eigenvalue weighted by Gasteiger charge is 2.18. The van der Waals surface area contributed by atoms with Crippen LogP contribution in [-0.4, -0.2) is 19.1 Å². The molecule has 1 heterocycles. The highest BCUT2D eigenvalue weighted by atomic mass is 32.2. The van der Waals surface area contributed by atoms with Crippen LogP contribution in [0.15, 0.2) is 81.8 Å². The van der Waals surface area contributed by atoms with Gasteiger partial charge in [-0.25, -0.2) is 12.8 Å². The van der Waals surface area contributed by atoms with Crippen molar-refractivity contribution in [3.63, 3.8) is 0 Å². The van der Waals surface area contributed by atoms with E-state index in [9.17, 15) is 12.8 Å². The maximum Gasteiger partial charge on any atom is 0.206 e. The lowest BCUT2D eigenvalue weighted by atomic mass is 10.0. The molecule has 0 aliphatic heterocycles. The Bertz CT molecular complexity index is 1200. The zero-order valence-electron chi connectivity index (χ0n) is 16.4. The van der Waals surface area contributed by atoms with E-state index in [1.54, 1.807) is 36.7 Å². The van der Waals surface area contributed by atoms with Crippen LogP contribution in [0.3, 0.4) is 0 Å². The zero-order valence-corrected chi connectivity index (χ0v) is 17.2. The number of pyridine rings is 1. The molecular formula is C23H20FN3O2S. The summed E-state index contributed by atoms with van der Waals surface area (Å²) < 4.78 is 39.0. The van der Waals surface area contributed by atoms with Crippen LogP contribution < -0.4 is 0 Å². The average Bonchev–Trinajstić information content (AvgIpc) is 2.75. The highest BCUT2D eigenvalue weighted by Crippen LogP contribution is 2.23. The molecule has 0 aliphatic rings. The van der Waals surface area contributed by atoms with Gasteiger partial charge in [0.2, 0.25) is 16.0 Å². The van der Waals surface area contributed by atoms with Crippen LogP contribution in [0.5, 0.6) is 0 Å². The van der Waals surface area contributed by atoms with Crippen LogP contribution in [0.4, 0.5) is 4.39 Å². The van der Waals surface area contributed by atoms with Crippen molar-refractivity contribution in [1.82, 2.24) is 4.98 Å². The van der Waals surface area contributed by atoms with Gasteiger partial charge >= 0.3 is 0 Å². The van der Waals surface area contributed by atoms with Crippen LogP contribution in [-0.2, 0) is 22.7 Å². The Kier molecular flexibility index (Phi) is 6.70. The molecule has 0 atom stereocenters. The number of nitriles is 1. The third kappa shape index (κ3) is 5.16. The molecule has 0 spiro atoms. The molecule has 2 aromatic carbocycles. The number of sulfone groups is 1. The normalized spacial score (nSPS) is 11.8. The molecule has 3 aromatic rings. The number of halogens is 1. The number of hydrogen-bond donors (Lipinski definition) is 0. The van der Waals surface area contributed by atoms with Gasteiger partial charge in [0, 0.05) is 24.5 Å². The van der Waals surface area contributed by atoms with Gasteiger partial charge in [-0.05, 0) is 78.9 Å². The van der Waals surface area contributed by atoms with Gasteiger partial charge < -0.3 is 0 Å². The molecule has 30 heavy (non-hydrogen) atoms. The predicted octanol–water partition coefficient (Wildman–Crippen LogP) is 4.46. The largest absolute Gasteiger partial charge is 0.265 e. The van der Waals surface area contributed by atoms with E-state index < -0.39 is 15.7 Å². The molecule has 1 aromatic heterocycles. The molecule has 0 unspecified atom stereocenters. The van der Waals surface area contributed by atoms with E-state index in [2.05, 4.69) is 9.98 Å². The molecule has 0 saturated heterocycles. The minimum atomic E-state index is -3.71. The molecule has 0 saturated carbocycles. The lowest BCUT2D eigenvalue weighted by molar-refractivity contribution is 0.593. The van der Waals surface area contributed by atoms with Crippen LogP contribution in [0.25, 0.3) is 0 Å². The van der Waals surface area contributed by atoms with E-state index in [-0.39, 0.29) is 15.4 Å². The fourth-order valence-electron chi connectivity index (χ4n) is 3.04. The first-order valence-electron chi connectivity index (χ1n) is 9.34. The molecule has 7 heteroatoms. The Labute approximate surface area is 175 Å². The molecule has 0 aliphatic carbocycles. The van der Waals surface area contributed by atoms with Crippen molar-refractivity contribution in [2.75, 3.05) is 0 Å². The van der Waals surface area contributed by atoms with E-state index in [1.165, 1.54) is 19.1 Å². The zero-order chi connectivity index (χ0) is 21.6. The molecule has 0 radical (unpaired) electrons. The van der Waals surface area contributed by atoms with E-state index in [1.807, 2.05) is 18.3 Å². The van der Waals surface area contributed by atoms with Crippen molar-refractivity contribution >= 4 is 15.5 Å². The topological polar surface area (TPSA) is 83.2 Å². The van der Waals surface area contributed by atoms with Gasteiger partial charge in [-0.3, -0.25) is 4.98 Å². The summed E-state index contributed by atoms with van der Waals surface area (Å²) in [6, 6.07) is 14.1. The Morgan fingerprint density at radius 1 is 1.03 bits per heavy atom. The van der Waals surface area contributed by atoms with Gasteiger partial charge in [0.1, 0.15) is 5.82 Å². The number of aryl methyl sites for hydroxylation is 2. The minimum absolute atomic E-state index is 0.0648. The molecule has 5 nitrogen and oxygen atoms in total. The van der Waals surface area contributed by atoms with Crippen molar-refractivity contribution in [3.8, 4) is 6.19 Å². The lowest BCUT2D eigenvalue weighted by Gasteiger charge is -2.08. The summed E-state index contributed by atoms with van der Waals surface area (Å²) in [6.07, 6.45) is 7.01. The number of nitrogens with zero attached hydrogens (tertiary/aromatic N) is 3. The number of aromatic nitrogens is 1. The smallest absolute Gasteiger partial charge is 0.206 e. The average molecular weight is 421 g/mol. The fourth-order valence-corrected chi connectivity index (χ4v) is 4.38. The maximum absolute atomic E-state index is 13.5. The van der Waals surface area contributed by atoms with Gasteiger partial charge in [-0.2, -0.15) is 10.3 Å². The summed E-state index contributed by atoms with van der Waals surface area (Å²) in [4.78, 5) is 8.12. The summed E-state index contributed by atoms with van der Waals surface area (Å²) in [6.45, 7) is 1.53. The standard InChI is InChI=1S/C23H20FN3O2S/c1-17-14-22(8-9-23(17)24)30(28,29)21-6-3-18(4-7-21)2-5-20(27-16-25)15-19-10-12-26-13-11-19/h3-4,6-14H,2,5,15H2,1H3. The molecule has 0 N–H and O–H groups in total. The first-order valence-corrected chi connectivity index (χ1v) is 10.8. The molecule has 152 valence electrons. The first kappa shape index (κ1) is 21.3. The summed E-state index contributed by atoms with van der Waals surface area (Å²) >= 11 is 0. The Balaban J connectivity index is 1.71. The monoisotopic (exact) mass is 421 g/mol. The number of benzene rings is 2. The van der Waals surface area contributed by atoms with Crippen LogP contribution >= 0.6 is 0 Å². The molecule has 0 bridgehead atoms. The van der Waals surface area contributed by atoms with E-state index in [4.69, 9.17) is 5.26 Å². The van der Waals surface area contributed by atoms with Crippen molar-refractivity contribution in [3.05, 3.63) is 89.5 Å². The van der Waals surface area contributed by atoms with Crippen molar-refractivity contribution < 1.29 is 12.8 Å². The number of rotatable bonds is 7. The molecule has 3 rings (SSSR count). The van der Waals surface area contributed by atoms with Crippen molar-refractivity contribution in [2.45, 2.75) is 36.0 Å². The van der Waals surface area contributed by atoms with Gasteiger partial charge in [0.25, 0.3) is 0 Å². The predicted molar refractivity (Wildman–Crippen MR) is 112 cm³/mol. The molecular weight excluding hydrogens is 401 g/mol. The number of hydrogen-bond acceptors (Lipinski definition) is 5. The summed E-state index contributed by atoms with van der Waals surface area (Å²) in [7, 11) is -3.71. The second kappa shape index (κ2) is 9.42. The van der Waals surface area contributed by atoms with Crippen molar-refractivity contribution in [2.24, 2.45) is 4.99 Å². The quantitative estimate of drug-likeness (QED) is 0.320. The molecule has 0 fully saturated rings. The SMILES string of the molecule is Cc1cc(S(=O)(=O)c2ccc(CCC(Cc3ccncc3)=NC#N)cc2)ccc1F. The van der Waals surface area contributed by atoms with Crippen LogP contribution in [0.2, 0.25) is 0 Å². The fraction of sp³-hybridized carbons (Fsp3) is 0.174. The van der Waals surface area contributed by atoms with Gasteiger partial charge in [-0.1, -0.05) is 12.1 Å². The highest BCUT2D eigenvalue weighted by molar-refractivity contribution is 7.91. The van der Waals surface area contributed by atoms with Gasteiger partial charge in [0.05, 0.1) is 9.79 Å².